The number of H-pyrrole nitrogens is 1. The Kier molecular flexibility index (Phi) is 50.9. The van der Waals surface area contributed by atoms with Gasteiger partial charge in [0.2, 0.25) is 94.5 Å². The van der Waals surface area contributed by atoms with E-state index in [1.807, 2.05) is 0 Å². The van der Waals surface area contributed by atoms with Crippen LogP contribution in [0.4, 0.5) is 0 Å². The van der Waals surface area contributed by atoms with Crippen molar-refractivity contribution in [1.82, 2.24) is 79.4 Å². The van der Waals surface area contributed by atoms with Crippen LogP contribution in [0.25, 0.3) is 10.9 Å². The molecular weight excluding hydrogens is 1580 g/mol. The maximum Gasteiger partial charge on any atom is 0.243 e. The molecule has 0 bridgehead atoms. The molecule has 0 aliphatic rings. The van der Waals surface area contributed by atoms with Crippen molar-refractivity contribution in [3.05, 3.63) is 36.0 Å². The molecule has 31 N–H and O–H groups in total. The molecule has 1 heterocycles. The minimum absolute atomic E-state index is 0.00274. The van der Waals surface area contributed by atoms with Crippen LogP contribution in [-0.4, -0.2) is 223 Å². The first-order chi connectivity index (χ1) is 57.6. The van der Waals surface area contributed by atoms with Gasteiger partial charge in [-0.3, -0.25) is 76.7 Å². The number of aromatic amines is 1. The summed E-state index contributed by atoms with van der Waals surface area (Å²) in [5.74, 6) is -15.7. The molecule has 1 aromatic heterocycles. The summed E-state index contributed by atoms with van der Waals surface area (Å²) in [7, 11) is 0. The molecule has 2 aromatic rings. The van der Waals surface area contributed by atoms with Gasteiger partial charge in [-0.2, -0.15) is 0 Å². The van der Waals surface area contributed by atoms with E-state index in [1.54, 1.807) is 114 Å². The first-order valence-corrected chi connectivity index (χ1v) is 43.3. The fourth-order valence-electron chi connectivity index (χ4n) is 13.3. The average Bonchev–Trinajstić information content (AvgIpc) is 1.63. The number of nitrogens with one attached hydrogen (secondary N) is 15. The van der Waals surface area contributed by atoms with Crippen molar-refractivity contribution in [3.8, 4) is 0 Å². The zero-order valence-corrected chi connectivity index (χ0v) is 74.0. The lowest BCUT2D eigenvalue weighted by atomic mass is 9.94. The number of carbonyl (C=O) groups is 16. The molecule has 0 fully saturated rings. The third-order valence-electron chi connectivity index (χ3n) is 21.3. The molecule has 2 rings (SSSR count). The standard InChI is InChI=1S/C83H147N23O16/c1-14-49(11)68(82(121)99-59(34-22-27-39-88)76(115)103-66(47(7)8)80(119)94-51(13)71(110)96-55(70(91)109)30-18-23-35-84)106-83(122)69(50(12)15-2)105-74(113)56(31-19-24-36-85)95-64(108)44-93-72(111)60(40-45(3)4)102-81(120)67(48(9)10)104-75(114)58(33-21-26-38-87)97-73(112)57(32-20-25-37-86)98-77(116)61(41-52-43-92-54-29-17-16-28-53(52)54)100-78(117)62(42-63(89)107)101-79(118)65(90)46(5)6/h16-17,28-29,43,45-51,55-62,65-69,92H,14-15,18-27,30-42,44,84-88,90H2,1-13H3,(H2,89,107)(H2,91,109)(H,93,111)(H,94,119)(H,95,108)(H,96,110)(H,97,112)(H,98,116)(H,99,121)(H,100,117)(H,101,118)(H,102,120)(H,103,115)(H,104,114)(H,105,113)(H,106,122)/t49-,50-,51-,55-,56-,57-,58-,59-,60-,61-,62-,65-,66-,67-,68-,69-/m0/s1. The van der Waals surface area contributed by atoms with Gasteiger partial charge in [0.1, 0.15) is 78.5 Å². The summed E-state index contributed by atoms with van der Waals surface area (Å²) < 4.78 is 0. The van der Waals surface area contributed by atoms with Crippen LogP contribution in [0.15, 0.2) is 30.5 Å². The van der Waals surface area contributed by atoms with Crippen molar-refractivity contribution in [2.24, 2.45) is 81.4 Å². The molecular formula is C83H147N23O16. The molecule has 0 aliphatic heterocycles. The number of aromatic nitrogens is 1. The lowest BCUT2D eigenvalue weighted by molar-refractivity contribution is -0.137. The Morgan fingerprint density at radius 3 is 1.14 bits per heavy atom. The highest BCUT2D eigenvalue weighted by Crippen LogP contribution is 2.22. The number of unbranched alkanes of at least 4 members (excludes halogenated alkanes) is 5. The van der Waals surface area contributed by atoms with E-state index in [4.69, 9.17) is 45.9 Å². The van der Waals surface area contributed by atoms with Crippen molar-refractivity contribution in [2.45, 2.75) is 303 Å². The Hall–Kier alpha value is -9.96. The lowest BCUT2D eigenvalue weighted by Gasteiger charge is -2.31. The van der Waals surface area contributed by atoms with Gasteiger partial charge in [-0.05, 0) is 190 Å². The predicted octanol–water partition coefficient (Wildman–Crippen LogP) is -2.41. The molecule has 690 valence electrons. The highest BCUT2D eigenvalue weighted by atomic mass is 16.2. The largest absolute Gasteiger partial charge is 0.370 e. The Bertz CT molecular complexity index is 3690. The van der Waals surface area contributed by atoms with Gasteiger partial charge in [-0.1, -0.05) is 114 Å². The van der Waals surface area contributed by atoms with Crippen LogP contribution >= 0.6 is 0 Å². The SMILES string of the molecule is CC[C@H](C)[C@H](NC(=O)[C@H](CCCCN)NC(=O)CNC(=O)[C@H](CC(C)C)NC(=O)[C@@H](NC(=O)[C@H](CCCCN)NC(=O)[C@H](CCCCN)NC(=O)[C@H](Cc1c[nH]c2ccccc12)NC(=O)[C@H](CC(N)=O)NC(=O)[C@@H](N)C(C)C)C(C)C)C(=O)N[C@H](C(=O)N[C@@H](CCCCN)C(=O)N[C@H](C(=O)N[C@@H](C)C(=O)N[C@@H](CCCCN)C(N)=O)C(C)C)[C@@H](C)CC. The van der Waals surface area contributed by atoms with E-state index in [0.717, 1.165) is 0 Å². The first-order valence-electron chi connectivity index (χ1n) is 43.3. The normalized spacial score (nSPS) is 15.4. The van der Waals surface area contributed by atoms with Gasteiger partial charge in [0.25, 0.3) is 0 Å². The Labute approximate surface area is 718 Å². The van der Waals surface area contributed by atoms with Crippen LogP contribution in [0.5, 0.6) is 0 Å². The Balaban J connectivity index is 2.45. The number of para-hydroxylation sites is 1. The van der Waals surface area contributed by atoms with Gasteiger partial charge in [-0.25, -0.2) is 0 Å². The van der Waals surface area contributed by atoms with Crippen molar-refractivity contribution < 1.29 is 76.7 Å². The number of rotatable bonds is 62. The molecule has 16 amide bonds. The summed E-state index contributed by atoms with van der Waals surface area (Å²) in [5, 5.41) is 38.3. The summed E-state index contributed by atoms with van der Waals surface area (Å²) in [6, 6.07) is -10.8. The monoisotopic (exact) mass is 1720 g/mol. The number of hydrogen-bond acceptors (Lipinski definition) is 22. The van der Waals surface area contributed by atoms with Gasteiger partial charge in [0, 0.05) is 23.5 Å². The van der Waals surface area contributed by atoms with Crippen molar-refractivity contribution in [1.29, 1.82) is 0 Å². The van der Waals surface area contributed by atoms with E-state index in [2.05, 4.69) is 79.4 Å². The lowest BCUT2D eigenvalue weighted by Crippen LogP contribution is -2.62. The number of benzene rings is 1. The number of primary amides is 2. The summed E-state index contributed by atoms with van der Waals surface area (Å²) in [5.41, 5.74) is 47.5. The third-order valence-corrected chi connectivity index (χ3v) is 21.3. The van der Waals surface area contributed by atoms with Gasteiger partial charge in [-0.15, -0.1) is 0 Å². The summed E-state index contributed by atoms with van der Waals surface area (Å²) in [4.78, 5) is 227. The summed E-state index contributed by atoms with van der Waals surface area (Å²) in [6.45, 7) is 22.6. The molecule has 0 saturated carbocycles. The van der Waals surface area contributed by atoms with Gasteiger partial charge in [0.05, 0.1) is 19.0 Å². The van der Waals surface area contributed by atoms with E-state index in [0.29, 0.717) is 100 Å². The van der Waals surface area contributed by atoms with Crippen LogP contribution in [0, 0.1) is 35.5 Å². The smallest absolute Gasteiger partial charge is 0.243 e. The molecule has 0 radical (unpaired) electrons. The van der Waals surface area contributed by atoms with Gasteiger partial charge < -0.3 is 125 Å². The predicted molar refractivity (Wildman–Crippen MR) is 464 cm³/mol. The van der Waals surface area contributed by atoms with Crippen LogP contribution < -0.4 is 120 Å². The quantitative estimate of drug-likeness (QED) is 0.0307. The molecule has 0 aliphatic carbocycles. The van der Waals surface area contributed by atoms with Crippen molar-refractivity contribution in [2.75, 3.05) is 39.3 Å². The van der Waals surface area contributed by atoms with E-state index in [-0.39, 0.29) is 83.0 Å². The second-order valence-corrected chi connectivity index (χ2v) is 33.2. The van der Waals surface area contributed by atoms with E-state index in [9.17, 15) is 76.7 Å². The minimum Gasteiger partial charge on any atom is -0.370 e. The van der Waals surface area contributed by atoms with Crippen LogP contribution in [0.1, 0.15) is 218 Å². The zero-order valence-electron chi connectivity index (χ0n) is 74.0. The van der Waals surface area contributed by atoms with E-state index < -0.39 is 216 Å². The summed E-state index contributed by atoms with van der Waals surface area (Å²) in [6.07, 6.45) is 6.01. The number of nitrogens with two attached hydrogens (primary N) is 8. The molecule has 0 saturated heterocycles. The zero-order chi connectivity index (χ0) is 92.0. The van der Waals surface area contributed by atoms with E-state index >= 15 is 0 Å². The fourth-order valence-corrected chi connectivity index (χ4v) is 13.3. The molecule has 16 atom stereocenters. The Morgan fingerprint density at radius 2 is 0.713 bits per heavy atom. The van der Waals surface area contributed by atoms with Gasteiger partial charge in [0.15, 0.2) is 0 Å². The topological polar surface area (TPSA) is 665 Å². The number of carbonyl (C=O) groups excluding carboxylic acids is 16. The minimum atomic E-state index is -1.56. The number of fused-ring (bicyclic) bond motifs is 1. The second kappa shape index (κ2) is 57.4. The molecule has 39 heteroatoms. The molecule has 0 unspecified atom stereocenters. The molecule has 0 spiro atoms. The first kappa shape index (κ1) is 108. The molecule has 122 heavy (non-hydrogen) atoms. The Morgan fingerprint density at radius 1 is 0.361 bits per heavy atom. The average molecular weight is 1720 g/mol. The maximum atomic E-state index is 14.8. The number of hydrogen-bond donors (Lipinski definition) is 23. The van der Waals surface area contributed by atoms with Gasteiger partial charge >= 0.3 is 0 Å². The van der Waals surface area contributed by atoms with Crippen LogP contribution in [-0.2, 0) is 83.1 Å². The maximum absolute atomic E-state index is 14.8. The van der Waals surface area contributed by atoms with Crippen LogP contribution in [0.2, 0.25) is 0 Å². The summed E-state index contributed by atoms with van der Waals surface area (Å²) >= 11 is 0. The fraction of sp³-hybridized carbons (Fsp3) is 0.711. The molecule has 1 aromatic carbocycles. The highest BCUT2D eigenvalue weighted by Gasteiger charge is 2.40. The second-order valence-electron chi connectivity index (χ2n) is 33.2. The van der Waals surface area contributed by atoms with Crippen LogP contribution in [0.3, 0.4) is 0 Å². The number of amides is 16. The molecule has 39 nitrogen and oxygen atoms in total. The van der Waals surface area contributed by atoms with Crippen molar-refractivity contribution >= 4 is 105 Å². The van der Waals surface area contributed by atoms with E-state index in [1.165, 1.54) is 6.92 Å². The third kappa shape index (κ3) is 38.6. The van der Waals surface area contributed by atoms with Crippen molar-refractivity contribution in [3.63, 3.8) is 0 Å². The highest BCUT2D eigenvalue weighted by molar-refractivity contribution is 6.01.